The molecule has 0 atom stereocenters. The lowest BCUT2D eigenvalue weighted by atomic mass is 10.1. The van der Waals surface area contributed by atoms with Crippen molar-refractivity contribution < 1.29 is 14.7 Å². The van der Waals surface area contributed by atoms with Crippen molar-refractivity contribution in [1.82, 2.24) is 0 Å². The first-order chi connectivity index (χ1) is 12.1. The number of aromatic hydroxyl groups is 1. The first kappa shape index (κ1) is 14.7. The average Bonchev–Trinajstić information content (AvgIpc) is 2.87. The van der Waals surface area contributed by atoms with Crippen LogP contribution in [0.4, 0.5) is 11.4 Å². The highest BCUT2D eigenvalue weighted by atomic mass is 16.3. The zero-order chi connectivity index (χ0) is 17.6. The van der Waals surface area contributed by atoms with Gasteiger partial charge in [0.05, 0.1) is 22.5 Å². The van der Waals surface area contributed by atoms with Gasteiger partial charge in [0.15, 0.2) is 0 Å². The smallest absolute Gasteiger partial charge is 0.266 e. The molecule has 3 aromatic rings. The largest absolute Gasteiger partial charge is 0.508 e. The average molecular weight is 330 g/mol. The van der Waals surface area contributed by atoms with Crippen LogP contribution in [0.1, 0.15) is 20.7 Å². The summed E-state index contributed by atoms with van der Waals surface area (Å²) in [5.74, 6) is -1.02. The molecule has 1 aliphatic heterocycles. The Hall–Kier alpha value is -3.83. The molecule has 0 aliphatic carbocycles. The second kappa shape index (κ2) is 5.36. The van der Waals surface area contributed by atoms with Crippen molar-refractivity contribution >= 4 is 34.0 Å². The van der Waals surface area contributed by atoms with Gasteiger partial charge in [0.2, 0.25) is 0 Å². The highest BCUT2D eigenvalue weighted by molar-refractivity contribution is 6.37. The summed E-state index contributed by atoms with van der Waals surface area (Å²) in [6.07, 6.45) is 0. The minimum atomic E-state index is -0.557. The van der Waals surface area contributed by atoms with E-state index in [9.17, 15) is 14.7 Å². The number of rotatable bonds is 2. The molecule has 25 heavy (non-hydrogen) atoms. The first-order valence-corrected chi connectivity index (χ1v) is 7.40. The molecule has 0 saturated carbocycles. The zero-order valence-corrected chi connectivity index (χ0v) is 12.7. The molecule has 7 nitrogen and oxygen atoms in total. The molecule has 1 N–H and O–H groups in total. The van der Waals surface area contributed by atoms with Crippen molar-refractivity contribution in [3.63, 3.8) is 0 Å². The van der Waals surface area contributed by atoms with Crippen LogP contribution in [0.3, 0.4) is 0 Å². The Labute approximate surface area is 141 Å². The van der Waals surface area contributed by atoms with Gasteiger partial charge < -0.3 is 5.11 Å². The van der Waals surface area contributed by atoms with E-state index in [2.05, 4.69) is 10.0 Å². The number of phenols is 1. The van der Waals surface area contributed by atoms with Crippen LogP contribution in [0.25, 0.3) is 21.2 Å². The zero-order valence-electron chi connectivity index (χ0n) is 12.7. The molecular formula is C18H10N4O3. The van der Waals surface area contributed by atoms with E-state index in [1.54, 1.807) is 24.3 Å². The quantitative estimate of drug-likeness (QED) is 0.328. The van der Waals surface area contributed by atoms with Gasteiger partial charge in [-0.2, -0.15) is 0 Å². The van der Waals surface area contributed by atoms with Gasteiger partial charge in [-0.15, -0.1) is 0 Å². The maximum absolute atomic E-state index is 12.9. The van der Waals surface area contributed by atoms with Crippen molar-refractivity contribution in [2.24, 2.45) is 5.11 Å². The standard InChI is InChI=1S/C18H10N4O3/c19-21-20-14-5-2-4-12-16(14)18(25)22(17(12)24)15-6-1-3-10-7-8-11(23)9-13(10)15/h1-9,23H. The summed E-state index contributed by atoms with van der Waals surface area (Å²) < 4.78 is 0. The van der Waals surface area contributed by atoms with E-state index >= 15 is 0 Å². The summed E-state index contributed by atoms with van der Waals surface area (Å²) >= 11 is 0. The Balaban J connectivity index is 1.96. The van der Waals surface area contributed by atoms with Crippen LogP contribution < -0.4 is 4.90 Å². The maximum Gasteiger partial charge on any atom is 0.266 e. The predicted octanol–water partition coefficient (Wildman–Crippen LogP) is 4.29. The number of imide groups is 1. The summed E-state index contributed by atoms with van der Waals surface area (Å²) in [7, 11) is 0. The molecule has 0 fully saturated rings. The molecule has 0 unspecified atom stereocenters. The number of hydrogen-bond acceptors (Lipinski definition) is 4. The van der Waals surface area contributed by atoms with Gasteiger partial charge in [0.25, 0.3) is 11.8 Å². The topological polar surface area (TPSA) is 106 Å². The summed E-state index contributed by atoms with van der Waals surface area (Å²) in [6, 6.07) is 14.5. The number of benzene rings is 3. The van der Waals surface area contributed by atoms with Gasteiger partial charge in [0.1, 0.15) is 5.75 Å². The normalized spacial score (nSPS) is 13.0. The Morgan fingerprint density at radius 2 is 1.80 bits per heavy atom. The third-order valence-electron chi connectivity index (χ3n) is 4.13. The van der Waals surface area contributed by atoms with Gasteiger partial charge >= 0.3 is 0 Å². The SMILES string of the molecule is [N-]=[N+]=Nc1cccc2c1C(=O)N(c1cccc3ccc(O)cc13)C2=O. The third kappa shape index (κ3) is 2.11. The van der Waals surface area contributed by atoms with Crippen LogP contribution in [-0.4, -0.2) is 16.9 Å². The van der Waals surface area contributed by atoms with Crippen molar-refractivity contribution in [1.29, 1.82) is 0 Å². The number of fused-ring (bicyclic) bond motifs is 2. The van der Waals surface area contributed by atoms with Crippen molar-refractivity contribution in [2.45, 2.75) is 0 Å². The summed E-state index contributed by atoms with van der Waals surface area (Å²) in [5, 5.41) is 14.6. The number of carbonyl (C=O) groups is 2. The Morgan fingerprint density at radius 3 is 2.60 bits per heavy atom. The van der Waals surface area contributed by atoms with Gasteiger partial charge in [-0.25, -0.2) is 4.90 Å². The van der Waals surface area contributed by atoms with E-state index in [4.69, 9.17) is 5.53 Å². The van der Waals surface area contributed by atoms with Crippen LogP contribution in [0.15, 0.2) is 59.7 Å². The number of phenolic OH excluding ortho intramolecular Hbond substituents is 1. The minimum absolute atomic E-state index is 0.0336. The van der Waals surface area contributed by atoms with Crippen molar-refractivity contribution in [3.8, 4) is 5.75 Å². The van der Waals surface area contributed by atoms with Crippen LogP contribution in [0.5, 0.6) is 5.75 Å². The molecule has 120 valence electrons. The molecule has 0 saturated heterocycles. The van der Waals surface area contributed by atoms with Gasteiger partial charge in [-0.05, 0) is 35.2 Å². The Bertz CT molecular complexity index is 1120. The number of hydrogen-bond donors (Lipinski definition) is 1. The molecule has 0 bridgehead atoms. The highest BCUT2D eigenvalue weighted by Crippen LogP contribution is 2.37. The number of carbonyl (C=O) groups excluding carboxylic acids is 2. The van der Waals surface area contributed by atoms with Crippen LogP contribution in [-0.2, 0) is 0 Å². The van der Waals surface area contributed by atoms with E-state index in [1.165, 1.54) is 24.3 Å². The first-order valence-electron chi connectivity index (χ1n) is 7.40. The number of anilines is 1. The van der Waals surface area contributed by atoms with Gasteiger partial charge in [-0.1, -0.05) is 35.4 Å². The fourth-order valence-electron chi connectivity index (χ4n) is 3.06. The fraction of sp³-hybridized carbons (Fsp3) is 0. The molecule has 4 rings (SSSR count). The number of nitrogens with zero attached hydrogens (tertiary/aromatic N) is 4. The lowest BCUT2D eigenvalue weighted by molar-refractivity contribution is 0.0926. The number of azide groups is 1. The predicted molar refractivity (Wildman–Crippen MR) is 92.0 cm³/mol. The lowest BCUT2D eigenvalue weighted by Crippen LogP contribution is -2.29. The second-order valence-electron chi connectivity index (χ2n) is 5.52. The molecule has 0 radical (unpaired) electrons. The van der Waals surface area contributed by atoms with Crippen LogP contribution >= 0.6 is 0 Å². The van der Waals surface area contributed by atoms with Crippen LogP contribution in [0, 0.1) is 0 Å². The summed E-state index contributed by atoms with van der Waals surface area (Å²) in [5.41, 5.74) is 9.43. The van der Waals surface area contributed by atoms with Crippen molar-refractivity contribution in [2.75, 3.05) is 4.90 Å². The molecule has 7 heteroatoms. The van der Waals surface area contributed by atoms with E-state index in [0.29, 0.717) is 11.1 Å². The van der Waals surface area contributed by atoms with Crippen LogP contribution in [0.2, 0.25) is 0 Å². The molecular weight excluding hydrogens is 320 g/mol. The number of amides is 2. The van der Waals surface area contributed by atoms with E-state index in [0.717, 1.165) is 10.3 Å². The Kier molecular flexibility index (Phi) is 3.16. The summed E-state index contributed by atoms with van der Waals surface area (Å²) in [4.78, 5) is 29.4. The van der Waals surface area contributed by atoms with Gasteiger partial charge in [0, 0.05) is 10.3 Å². The van der Waals surface area contributed by atoms with E-state index < -0.39 is 11.8 Å². The van der Waals surface area contributed by atoms with E-state index in [1.807, 2.05) is 6.07 Å². The maximum atomic E-state index is 12.9. The fourth-order valence-corrected chi connectivity index (χ4v) is 3.06. The molecule has 2 amide bonds. The minimum Gasteiger partial charge on any atom is -0.508 e. The van der Waals surface area contributed by atoms with Crippen molar-refractivity contribution in [3.05, 3.63) is 76.2 Å². The monoisotopic (exact) mass is 330 g/mol. The summed E-state index contributed by atoms with van der Waals surface area (Å²) in [6.45, 7) is 0. The van der Waals surface area contributed by atoms with Gasteiger partial charge in [-0.3, -0.25) is 9.59 Å². The second-order valence-corrected chi connectivity index (χ2v) is 5.52. The molecule has 1 heterocycles. The molecule has 1 aliphatic rings. The van der Waals surface area contributed by atoms with E-state index in [-0.39, 0.29) is 22.6 Å². The third-order valence-corrected chi connectivity index (χ3v) is 4.13. The molecule has 0 spiro atoms. The highest BCUT2D eigenvalue weighted by Gasteiger charge is 2.38. The Morgan fingerprint density at radius 1 is 1.00 bits per heavy atom. The lowest BCUT2D eigenvalue weighted by Gasteiger charge is -2.16. The molecule has 3 aromatic carbocycles. The molecule has 0 aromatic heterocycles.